The molecule has 546 valence electrons. The van der Waals surface area contributed by atoms with Crippen LogP contribution in [0.2, 0.25) is 0 Å². The maximum absolute atomic E-state index is 11.4. The van der Waals surface area contributed by atoms with E-state index in [9.17, 15) is 47.8 Å². The number of ether oxygens (including phenoxy) is 12. The molecule has 0 aromatic heterocycles. The number of rotatable bonds is 24. The zero-order chi connectivity index (χ0) is 72.8. The van der Waals surface area contributed by atoms with Crippen LogP contribution >= 0.6 is 22.8 Å². The van der Waals surface area contributed by atoms with E-state index in [0.29, 0.717) is 28.9 Å². The Balaban J connectivity index is 0.000000234. The molecule has 37 heteroatoms. The van der Waals surface area contributed by atoms with Crippen molar-refractivity contribution in [3.05, 3.63) is 122 Å². The van der Waals surface area contributed by atoms with E-state index in [4.69, 9.17) is 76.4 Å². The van der Waals surface area contributed by atoms with Crippen LogP contribution in [0.4, 0.5) is 0 Å². The number of aliphatic hydroxyl groups excluding tert-OH is 1. The zero-order valence-corrected chi connectivity index (χ0v) is 59.0. The van der Waals surface area contributed by atoms with Crippen LogP contribution in [0.3, 0.4) is 0 Å². The minimum absolute atomic E-state index is 0.0242. The van der Waals surface area contributed by atoms with Crippen molar-refractivity contribution in [3.8, 4) is 0 Å². The third-order valence-electron chi connectivity index (χ3n) is 14.9. The highest BCUT2D eigenvalue weighted by Gasteiger charge is 2.53. The van der Waals surface area contributed by atoms with Gasteiger partial charge in [0.25, 0.3) is 23.6 Å². The van der Waals surface area contributed by atoms with Crippen molar-refractivity contribution in [1.29, 1.82) is 0 Å². The first kappa shape index (κ1) is 82.1. The number of nitrogens with one attached hydrogen (secondary N) is 4. The van der Waals surface area contributed by atoms with Gasteiger partial charge in [0.1, 0.15) is 90.4 Å². The van der Waals surface area contributed by atoms with Gasteiger partial charge in [0.2, 0.25) is 0 Å². The number of carbonyl (C=O) groups is 4. The van der Waals surface area contributed by atoms with Gasteiger partial charge in [-0.05, 0) is 80.4 Å². The molecule has 0 radical (unpaired) electrons. The molecule has 97 heavy (non-hydrogen) atoms. The smallest absolute Gasteiger partial charge is 0.349 e. The Morgan fingerprint density at radius 3 is 1.14 bits per heavy atom. The topological polar surface area (TPSA) is 433 Å². The Morgan fingerprint density at radius 1 is 0.495 bits per heavy atom. The van der Waals surface area contributed by atoms with E-state index in [1.54, 1.807) is 39.8 Å². The number of methoxy groups -OCH3 is 4. The van der Waals surface area contributed by atoms with Crippen molar-refractivity contribution in [1.82, 2.24) is 40.9 Å². The van der Waals surface area contributed by atoms with E-state index in [1.807, 2.05) is 55.4 Å². The zero-order valence-electron chi connectivity index (χ0n) is 56.4. The predicted octanol–water partition coefficient (Wildman–Crippen LogP) is 2.08. The summed E-state index contributed by atoms with van der Waals surface area (Å²) in [6.45, 7) is 31.5. The van der Waals surface area contributed by atoms with Gasteiger partial charge in [-0.15, -0.1) is 0 Å². The lowest BCUT2D eigenvalue weighted by Crippen LogP contribution is -2.48. The van der Waals surface area contributed by atoms with Crippen molar-refractivity contribution in [2.75, 3.05) is 41.2 Å². The maximum atomic E-state index is 11.4. The first-order chi connectivity index (χ1) is 45.2. The largest absolute Gasteiger partial charge is 0.394 e. The molecule has 4 amide bonds. The second kappa shape index (κ2) is 36.1. The number of hydrogen-bond acceptors (Lipinski definition) is 24. The van der Waals surface area contributed by atoms with Crippen molar-refractivity contribution >= 4 is 46.4 Å². The molecule has 0 saturated carbocycles. The molecule has 0 aromatic rings. The summed E-state index contributed by atoms with van der Waals surface area (Å²) in [5.41, 5.74) is 0.337. The fourth-order valence-corrected chi connectivity index (χ4v) is 12.8. The Morgan fingerprint density at radius 2 is 0.814 bits per heavy atom. The summed E-state index contributed by atoms with van der Waals surface area (Å²) in [5, 5.41) is 19.8. The Hall–Kier alpha value is -5.59. The minimum atomic E-state index is -4.38. The molecule has 34 nitrogen and oxygen atoms in total. The Kier molecular flexibility index (Phi) is 30.6. The van der Waals surface area contributed by atoms with E-state index in [2.05, 4.69) is 47.6 Å². The van der Waals surface area contributed by atoms with Crippen molar-refractivity contribution in [2.24, 2.45) is 0 Å². The van der Waals surface area contributed by atoms with Gasteiger partial charge in [0.15, 0.2) is 24.9 Å². The van der Waals surface area contributed by atoms with E-state index in [-0.39, 0.29) is 67.2 Å². The van der Waals surface area contributed by atoms with Crippen molar-refractivity contribution in [2.45, 2.75) is 191 Å². The SMILES string of the molecule is C=C1NC(=O)C=CN1[C@@H]1O[C@H](/C(C)=C/P(=O)(O)O)[C@H](OC(C)C)C1OC.C=C1NC(=O)C=CN1[C@@H]1O[C@H](/C=C/P(=O)(O)O)[C@H](OC(C)C)C1OC.C=C1NC(=O)C=CN1[C@@H]1O[C@H](CCP(=O)(O)O)[C@H](OC(C)C)C1OC.C=C1NC(=O)C=CN1[C@@H]1O[C@H](CO)[C@H](OC(C)C)C1OC. The minimum Gasteiger partial charge on any atom is -0.394 e. The summed E-state index contributed by atoms with van der Waals surface area (Å²) in [6.07, 6.45) is 2.82. The summed E-state index contributed by atoms with van der Waals surface area (Å²) < 4.78 is 103. The lowest BCUT2D eigenvalue weighted by molar-refractivity contribution is -0.119. The highest BCUT2D eigenvalue weighted by molar-refractivity contribution is 7.55. The summed E-state index contributed by atoms with van der Waals surface area (Å²) in [5.74, 6) is 1.86. The molecule has 11 N–H and O–H groups in total. The number of amides is 4. The van der Waals surface area contributed by atoms with Crippen LogP contribution in [0.1, 0.15) is 68.7 Å². The second-order valence-electron chi connectivity index (χ2n) is 23.9. The summed E-state index contributed by atoms with van der Waals surface area (Å²) >= 11 is 0. The molecule has 8 aliphatic rings. The molecule has 8 heterocycles. The van der Waals surface area contributed by atoms with Gasteiger partial charge >= 0.3 is 22.8 Å². The molecule has 4 unspecified atom stereocenters. The number of hydrogen-bond donors (Lipinski definition) is 11. The molecule has 0 aliphatic carbocycles. The van der Waals surface area contributed by atoms with Gasteiger partial charge < -0.3 is 132 Å². The lowest BCUT2D eigenvalue weighted by atomic mass is 10.0. The number of carbonyl (C=O) groups excluding carboxylic acids is 4. The molecular formula is C60H95N8O26P3. The average molecular weight is 1440 g/mol. The van der Waals surface area contributed by atoms with Gasteiger partial charge in [-0.25, -0.2) is 0 Å². The summed E-state index contributed by atoms with van der Waals surface area (Å²) in [6, 6.07) is 0. The highest BCUT2D eigenvalue weighted by Crippen LogP contribution is 2.44. The third kappa shape index (κ3) is 23.5. The molecule has 0 bridgehead atoms. The van der Waals surface area contributed by atoms with E-state index < -0.39 is 121 Å². The van der Waals surface area contributed by atoms with Gasteiger partial charge in [-0.1, -0.05) is 26.3 Å². The molecular weight excluding hydrogens is 1340 g/mol. The quantitative estimate of drug-likeness (QED) is 0.0616. The normalized spacial score (nSPS) is 30.9. The monoisotopic (exact) mass is 1440 g/mol. The van der Waals surface area contributed by atoms with Crippen LogP contribution in [0.25, 0.3) is 0 Å². The first-order valence-corrected chi connectivity index (χ1v) is 35.8. The number of nitrogens with zero attached hydrogens (tertiary/aromatic N) is 4. The average Bonchev–Trinajstić information content (AvgIpc) is 1.67. The van der Waals surface area contributed by atoms with Gasteiger partial charge in [0, 0.05) is 89.2 Å². The van der Waals surface area contributed by atoms with Crippen LogP contribution in [0, 0.1) is 0 Å². The molecule has 8 aliphatic heterocycles. The molecule has 0 aromatic carbocycles. The van der Waals surface area contributed by atoms with Crippen molar-refractivity contribution < 1.29 is 124 Å². The van der Waals surface area contributed by atoms with E-state index >= 15 is 0 Å². The van der Waals surface area contributed by atoms with Gasteiger partial charge in [-0.3, -0.25) is 32.9 Å². The molecule has 4 saturated heterocycles. The number of aliphatic hydroxyl groups is 1. The highest BCUT2D eigenvalue weighted by atomic mass is 31.2. The van der Waals surface area contributed by atoms with Crippen molar-refractivity contribution in [3.63, 3.8) is 0 Å². The van der Waals surface area contributed by atoms with Crippen LogP contribution in [0.15, 0.2) is 122 Å². The predicted molar refractivity (Wildman–Crippen MR) is 347 cm³/mol. The second-order valence-corrected chi connectivity index (χ2v) is 28.5. The maximum Gasteiger partial charge on any atom is 0.349 e. The standard InChI is InChI=1S/C16H25N2O7P.C15H25N2O7P.C15H23N2O7P.C14H22N2O5/c1-9(2)24-14-13(10(3)8-26(20,21)22)25-16(15(14)23-5)18-7-6-12(19)17-11(18)4;2*1-9(2)23-13-11(6-8-25(19,20)21)24-15(14(13)22-4)17-7-5-12(18)16-10(17)3;1-8(2)20-12-10(7-17)21-14(13(12)19-4)16-6-5-11(18)15-9(16)3/h6-9,13-16H,4H2,1-3,5H3,(H,17,19)(H2,20,21,22);5,7,9,11,13-15H,3,6,8H2,1-2,4H3,(H,16,18)(H2,19,20,21);5-9,11,13-15H,3H2,1-2,4H3,(H,16,18)(H2,19,20,21);5-6,8,10,12-14,17H,3,7H2,1-2,4H3,(H,15,18)/b10-8+;;8-6+;/t13-,14+,15?,16-;2*11-,13+,14?,15-;10-,12+,13?,14-/m1111/s1. The molecule has 0 spiro atoms. The van der Waals surface area contributed by atoms with Gasteiger partial charge in [0.05, 0.1) is 43.3 Å². The van der Waals surface area contributed by atoms with E-state index in [1.165, 1.54) is 70.3 Å². The summed E-state index contributed by atoms with van der Waals surface area (Å²) in [7, 11) is -6.81. The fourth-order valence-electron chi connectivity index (χ4n) is 11.1. The van der Waals surface area contributed by atoms with Crippen LogP contribution < -0.4 is 21.3 Å². The molecule has 8 rings (SSSR count). The van der Waals surface area contributed by atoms with Crippen LogP contribution in [0.5, 0.6) is 0 Å². The Labute approximate surface area is 564 Å². The molecule has 4 fully saturated rings. The summed E-state index contributed by atoms with van der Waals surface area (Å²) in [4.78, 5) is 107. The third-order valence-corrected chi connectivity index (χ3v) is 17.1. The first-order valence-electron chi connectivity index (χ1n) is 30.6. The van der Waals surface area contributed by atoms with Crippen LogP contribution in [-0.2, 0) is 89.7 Å². The van der Waals surface area contributed by atoms with Crippen LogP contribution in [-0.4, -0.2) is 241 Å². The Bertz CT molecular complexity index is 3130. The van der Waals surface area contributed by atoms with Gasteiger partial charge in [-0.2, -0.15) is 0 Å². The lowest BCUT2D eigenvalue weighted by Gasteiger charge is -2.34. The molecule has 16 atom stereocenters. The van der Waals surface area contributed by atoms with E-state index in [0.717, 1.165) is 11.6 Å². The fraction of sp³-hybridized carbons (Fsp3) is 0.600.